The second-order valence-corrected chi connectivity index (χ2v) is 7.96. The van der Waals surface area contributed by atoms with E-state index in [-0.39, 0.29) is 12.0 Å². The van der Waals surface area contributed by atoms with Gasteiger partial charge in [0.15, 0.2) is 0 Å². The molecule has 0 radical (unpaired) electrons. The molecule has 0 bridgehead atoms. The van der Waals surface area contributed by atoms with Crippen molar-refractivity contribution in [2.24, 2.45) is 0 Å². The minimum atomic E-state index is -3.51. The quantitative estimate of drug-likeness (QED) is 0.899. The Balaban J connectivity index is 2.47. The highest BCUT2D eigenvalue weighted by molar-refractivity contribution is 7.89. The molecule has 1 heterocycles. The van der Waals surface area contributed by atoms with E-state index < -0.39 is 16.1 Å². The lowest BCUT2D eigenvalue weighted by Gasteiger charge is -2.25. The number of rotatable bonds is 2. The minimum absolute atomic E-state index is 0.195. The fraction of sp³-hybridized carbons (Fsp3) is 0.571. The largest absolute Gasteiger partial charge is 0.392 e. The maximum atomic E-state index is 12.7. The lowest BCUT2D eigenvalue weighted by Crippen LogP contribution is -2.31. The molecule has 1 atom stereocenters. The van der Waals surface area contributed by atoms with E-state index in [0.717, 1.165) is 5.56 Å². The summed E-state index contributed by atoms with van der Waals surface area (Å²) in [5.41, 5.74) is 0.582. The van der Waals surface area contributed by atoms with Gasteiger partial charge in [0, 0.05) is 13.1 Å². The Bertz CT molecular complexity index is 560. The maximum absolute atomic E-state index is 12.7. The van der Waals surface area contributed by atoms with E-state index in [0.29, 0.717) is 17.9 Å². The molecule has 4 nitrogen and oxygen atoms in total. The van der Waals surface area contributed by atoms with Gasteiger partial charge in [-0.1, -0.05) is 39.0 Å². The third-order valence-corrected chi connectivity index (χ3v) is 5.36. The van der Waals surface area contributed by atoms with E-state index in [1.165, 1.54) is 4.31 Å². The molecule has 106 valence electrons. The average molecular weight is 283 g/mol. The zero-order chi connectivity index (χ0) is 14.3. The average Bonchev–Trinajstić information content (AvgIpc) is 2.75. The molecule has 1 saturated heterocycles. The summed E-state index contributed by atoms with van der Waals surface area (Å²) in [6.07, 6.45) is -0.0340. The van der Waals surface area contributed by atoms with Crippen LogP contribution in [0.3, 0.4) is 0 Å². The van der Waals surface area contributed by atoms with Crippen molar-refractivity contribution in [2.45, 2.75) is 43.6 Å². The van der Waals surface area contributed by atoms with Crippen LogP contribution in [0.25, 0.3) is 0 Å². The van der Waals surface area contributed by atoms with Gasteiger partial charge in [-0.2, -0.15) is 4.31 Å². The van der Waals surface area contributed by atoms with Gasteiger partial charge in [0.05, 0.1) is 11.0 Å². The molecule has 0 saturated carbocycles. The lowest BCUT2D eigenvalue weighted by atomic mass is 9.87. The first kappa shape index (κ1) is 14.5. The van der Waals surface area contributed by atoms with Crippen molar-refractivity contribution in [2.75, 3.05) is 13.1 Å². The van der Waals surface area contributed by atoms with Crippen LogP contribution >= 0.6 is 0 Å². The summed E-state index contributed by atoms with van der Waals surface area (Å²) in [7, 11) is -3.51. The monoisotopic (exact) mass is 283 g/mol. The zero-order valence-corrected chi connectivity index (χ0v) is 12.4. The first-order valence-electron chi connectivity index (χ1n) is 6.50. The summed E-state index contributed by atoms with van der Waals surface area (Å²) in [5, 5.41) is 9.53. The maximum Gasteiger partial charge on any atom is 0.243 e. The number of nitrogens with zero attached hydrogens (tertiary/aromatic N) is 1. The molecule has 2 rings (SSSR count). The Morgan fingerprint density at radius 1 is 1.26 bits per heavy atom. The molecule has 1 aliphatic heterocycles. The smallest absolute Gasteiger partial charge is 0.243 e. The fourth-order valence-electron chi connectivity index (χ4n) is 2.38. The number of aliphatic hydroxyl groups excluding tert-OH is 1. The van der Waals surface area contributed by atoms with E-state index in [1.54, 1.807) is 12.1 Å². The van der Waals surface area contributed by atoms with Gasteiger partial charge in [-0.3, -0.25) is 0 Å². The highest BCUT2D eigenvalue weighted by Gasteiger charge is 2.34. The normalized spacial score (nSPS) is 21.8. The standard InChI is InChI=1S/C14H21NO3S/c1-14(2,3)12-6-4-5-7-13(12)19(17,18)15-9-8-11(16)10-15/h4-7,11,16H,8-10H2,1-3H3/t11-/m1/s1. The highest BCUT2D eigenvalue weighted by atomic mass is 32.2. The van der Waals surface area contributed by atoms with Gasteiger partial charge in [-0.25, -0.2) is 8.42 Å². The Labute approximate surface area is 115 Å². The van der Waals surface area contributed by atoms with Gasteiger partial charge < -0.3 is 5.11 Å². The van der Waals surface area contributed by atoms with Gasteiger partial charge in [0.2, 0.25) is 10.0 Å². The van der Waals surface area contributed by atoms with Gasteiger partial charge in [0.25, 0.3) is 0 Å². The van der Waals surface area contributed by atoms with E-state index in [9.17, 15) is 13.5 Å². The number of β-amino-alcohol motifs (C(OH)–C–C–N with tert-alkyl or cyclic N) is 1. The summed E-state index contributed by atoms with van der Waals surface area (Å²) in [5.74, 6) is 0. The summed E-state index contributed by atoms with van der Waals surface area (Å²) >= 11 is 0. The molecule has 1 aliphatic rings. The van der Waals surface area contributed by atoms with Gasteiger partial charge >= 0.3 is 0 Å². The Morgan fingerprint density at radius 2 is 1.89 bits per heavy atom. The highest BCUT2D eigenvalue weighted by Crippen LogP contribution is 2.31. The molecule has 0 aromatic heterocycles. The van der Waals surface area contributed by atoms with E-state index in [4.69, 9.17) is 0 Å². The second-order valence-electron chi connectivity index (χ2n) is 6.05. The van der Waals surface area contributed by atoms with E-state index in [2.05, 4.69) is 0 Å². The van der Waals surface area contributed by atoms with Crippen LogP contribution in [0.5, 0.6) is 0 Å². The molecular weight excluding hydrogens is 262 g/mol. The predicted molar refractivity (Wildman–Crippen MR) is 74.5 cm³/mol. The van der Waals surface area contributed by atoms with Crippen molar-refractivity contribution in [1.82, 2.24) is 4.31 Å². The molecular formula is C14H21NO3S. The molecule has 19 heavy (non-hydrogen) atoms. The Kier molecular flexibility index (Phi) is 3.73. The zero-order valence-electron chi connectivity index (χ0n) is 11.6. The lowest BCUT2D eigenvalue weighted by molar-refractivity contribution is 0.189. The number of aliphatic hydroxyl groups is 1. The van der Waals surface area contributed by atoms with Crippen molar-refractivity contribution in [1.29, 1.82) is 0 Å². The van der Waals surface area contributed by atoms with Crippen molar-refractivity contribution in [3.05, 3.63) is 29.8 Å². The summed E-state index contributed by atoms with van der Waals surface area (Å²) in [6, 6.07) is 7.12. The number of benzene rings is 1. The fourth-order valence-corrected chi connectivity index (χ4v) is 4.27. The van der Waals surface area contributed by atoms with E-state index >= 15 is 0 Å². The number of hydrogen-bond donors (Lipinski definition) is 1. The molecule has 0 aliphatic carbocycles. The number of hydrogen-bond acceptors (Lipinski definition) is 3. The van der Waals surface area contributed by atoms with Crippen molar-refractivity contribution >= 4 is 10.0 Å². The molecule has 1 aromatic rings. The first-order valence-corrected chi connectivity index (χ1v) is 7.94. The summed E-state index contributed by atoms with van der Waals surface area (Å²) in [4.78, 5) is 0.358. The van der Waals surface area contributed by atoms with E-state index in [1.807, 2.05) is 32.9 Å². The second kappa shape index (κ2) is 4.89. The van der Waals surface area contributed by atoms with Crippen LogP contribution in [-0.4, -0.2) is 37.0 Å². The topological polar surface area (TPSA) is 57.6 Å². The SMILES string of the molecule is CC(C)(C)c1ccccc1S(=O)(=O)N1CC[C@@H](O)C1. The summed E-state index contributed by atoms with van der Waals surface area (Å²) < 4.78 is 26.7. The molecule has 0 spiro atoms. The van der Waals surface area contributed by atoms with Crippen LogP contribution in [0.2, 0.25) is 0 Å². The van der Waals surface area contributed by atoms with Crippen LogP contribution in [0.1, 0.15) is 32.8 Å². The third kappa shape index (κ3) is 2.83. The molecule has 1 aromatic carbocycles. The van der Waals surface area contributed by atoms with Crippen molar-refractivity contribution < 1.29 is 13.5 Å². The number of sulfonamides is 1. The van der Waals surface area contributed by atoms with Crippen LogP contribution in [0.4, 0.5) is 0 Å². The molecule has 1 fully saturated rings. The Morgan fingerprint density at radius 3 is 2.42 bits per heavy atom. The van der Waals surface area contributed by atoms with Crippen LogP contribution in [0.15, 0.2) is 29.2 Å². The summed E-state index contributed by atoms with van der Waals surface area (Å²) in [6.45, 7) is 6.59. The predicted octanol–water partition coefficient (Wildman–Crippen LogP) is 1.74. The van der Waals surface area contributed by atoms with Crippen LogP contribution < -0.4 is 0 Å². The molecule has 0 amide bonds. The van der Waals surface area contributed by atoms with Crippen molar-refractivity contribution in [3.8, 4) is 0 Å². The van der Waals surface area contributed by atoms with Gasteiger partial charge in [-0.05, 0) is 23.5 Å². The van der Waals surface area contributed by atoms with Crippen molar-refractivity contribution in [3.63, 3.8) is 0 Å². The van der Waals surface area contributed by atoms with Crippen LogP contribution in [0, 0.1) is 0 Å². The first-order chi connectivity index (χ1) is 8.73. The van der Waals surface area contributed by atoms with Gasteiger partial charge in [-0.15, -0.1) is 0 Å². The van der Waals surface area contributed by atoms with Crippen LogP contribution in [-0.2, 0) is 15.4 Å². The third-order valence-electron chi connectivity index (χ3n) is 3.44. The Hall–Kier alpha value is -0.910. The molecule has 1 N–H and O–H groups in total. The minimum Gasteiger partial charge on any atom is -0.392 e. The van der Waals surface area contributed by atoms with Gasteiger partial charge in [0.1, 0.15) is 0 Å². The molecule has 5 heteroatoms. The molecule has 0 unspecified atom stereocenters.